The fraction of sp³-hybridized carbons (Fsp3) is 0.627. The molecule has 8 nitrogen and oxygen atoms in total. The number of aromatic nitrogens is 8. The molecule has 0 saturated heterocycles. The summed E-state index contributed by atoms with van der Waals surface area (Å²) < 4.78 is 0. The van der Waals surface area contributed by atoms with Gasteiger partial charge in [0.1, 0.15) is 0 Å². The fourth-order valence-corrected chi connectivity index (χ4v) is 4.79. The predicted molar refractivity (Wildman–Crippen MR) is 251 cm³/mol. The van der Waals surface area contributed by atoms with Crippen molar-refractivity contribution in [2.75, 3.05) is 0 Å². The predicted octanol–water partition coefficient (Wildman–Crippen LogP) is 12.7. The molecule has 1 radical (unpaired) electrons. The molecule has 0 unspecified atom stereocenters. The van der Waals surface area contributed by atoms with Gasteiger partial charge in [-0.15, -0.1) is 17.1 Å². The Hall–Kier alpha value is -2.82. The topological polar surface area (TPSA) is 107 Å². The first-order chi connectivity index (χ1) is 26.3. The van der Waals surface area contributed by atoms with Crippen LogP contribution in [0.1, 0.15) is 211 Å². The van der Waals surface area contributed by atoms with Crippen LogP contribution >= 0.6 is 0 Å². The average molecular weight is 976 g/mol. The Morgan fingerprint density at radius 3 is 0.600 bits per heavy atom. The summed E-state index contributed by atoms with van der Waals surface area (Å²) in [6, 6.07) is 14.6. The molecule has 9 heteroatoms. The van der Waals surface area contributed by atoms with Gasteiger partial charge in [0.2, 0.25) is 0 Å². The van der Waals surface area contributed by atoms with Gasteiger partial charge in [0, 0.05) is 58.1 Å². The van der Waals surface area contributed by atoms with E-state index in [1.807, 2.05) is 24.8 Å². The molecule has 0 N–H and O–H groups in total. The van der Waals surface area contributed by atoms with E-state index in [2.05, 4.69) is 249 Å². The van der Waals surface area contributed by atoms with Crippen LogP contribution in [0.15, 0.2) is 67.3 Å². The summed E-state index contributed by atoms with van der Waals surface area (Å²) in [5.41, 5.74) is 10.3. The zero-order chi connectivity index (χ0) is 46.1. The normalized spacial score (nSPS) is 12.5. The van der Waals surface area contributed by atoms with Gasteiger partial charge in [-0.1, -0.05) is 184 Å². The van der Waals surface area contributed by atoms with Crippen LogP contribution in [0, 0.1) is 37.3 Å². The largest absolute Gasteiger partial charge is 3.00 e. The van der Waals surface area contributed by atoms with E-state index in [0.29, 0.717) is 0 Å². The van der Waals surface area contributed by atoms with Crippen LogP contribution in [0.2, 0.25) is 0 Å². The smallest absolute Gasteiger partial charge is 0.578 e. The summed E-state index contributed by atoms with van der Waals surface area (Å²) in [7, 11) is 0. The average Bonchev–Trinajstić information content (AvgIpc) is 3.86. The van der Waals surface area contributed by atoms with E-state index < -0.39 is 0 Å². The van der Waals surface area contributed by atoms with Gasteiger partial charge in [0.05, 0.1) is 0 Å². The number of pyridine rings is 2. The monoisotopic (exact) mass is 974 g/mol. The summed E-state index contributed by atoms with van der Waals surface area (Å²) in [6.45, 7) is 52.0. The number of nitrogens with zero attached hydrogens (tertiary/aromatic N) is 8. The Balaban J connectivity index is 0.000000726. The maximum atomic E-state index is 4.20. The van der Waals surface area contributed by atoms with Gasteiger partial charge in [-0.25, -0.2) is 0 Å². The second kappa shape index (κ2) is 22.0. The Kier molecular flexibility index (Phi) is 21.0. The molecule has 5 aromatic rings. The molecule has 5 heterocycles. The van der Waals surface area contributed by atoms with Gasteiger partial charge in [-0.05, 0) is 62.5 Å². The van der Waals surface area contributed by atoms with Crippen molar-refractivity contribution in [1.29, 1.82) is 0 Å². The Morgan fingerprint density at radius 1 is 0.300 bits per heavy atom. The van der Waals surface area contributed by atoms with E-state index in [1.165, 1.54) is 11.1 Å². The molecule has 0 spiro atoms. The van der Waals surface area contributed by atoms with Crippen LogP contribution in [0.3, 0.4) is 0 Å². The molecule has 0 aliphatic rings. The van der Waals surface area contributed by atoms with Crippen molar-refractivity contribution in [2.24, 2.45) is 0 Å². The zero-order valence-electron chi connectivity index (χ0n) is 42.2. The van der Waals surface area contributed by atoms with Crippen molar-refractivity contribution < 1.29 is 37.3 Å². The van der Waals surface area contributed by atoms with E-state index in [9.17, 15) is 0 Å². The minimum atomic E-state index is 0. The van der Waals surface area contributed by atoms with Gasteiger partial charge in [0.25, 0.3) is 0 Å². The molecule has 0 fully saturated rings. The third kappa shape index (κ3) is 20.8. The van der Waals surface area contributed by atoms with Crippen molar-refractivity contribution in [1.82, 2.24) is 40.6 Å². The summed E-state index contributed by atoms with van der Waals surface area (Å²) in [5.74, 6) is 0. The molecule has 339 valence electrons. The van der Waals surface area contributed by atoms with Crippen molar-refractivity contribution in [2.45, 2.75) is 209 Å². The Bertz CT molecular complexity index is 1630. The summed E-state index contributed by atoms with van der Waals surface area (Å²) >= 11 is 0. The Labute approximate surface area is 397 Å². The maximum Gasteiger partial charge on any atom is 3.00 e. The SMILES string of the molecule is CC(C)(C)c1cc(C(C)(C)C)[n-]n1.CC(C)(C)c1cc(C(C)(C)C)[n-]n1.CC(C)(C)c1cc(C(C)(C)C)[n-]n1.CC(C)(C)c1ccncc1.CC(C)(C)c1ccncc1.[Er+3]. The van der Waals surface area contributed by atoms with Crippen LogP contribution in [0.4, 0.5) is 0 Å². The second-order valence-corrected chi connectivity index (χ2v) is 23.8. The van der Waals surface area contributed by atoms with Crippen molar-refractivity contribution in [3.63, 3.8) is 0 Å². The molecule has 0 amide bonds. The second-order valence-electron chi connectivity index (χ2n) is 23.8. The first kappa shape index (κ1) is 57.2. The molecule has 5 aromatic heterocycles. The van der Waals surface area contributed by atoms with Crippen molar-refractivity contribution >= 4 is 0 Å². The van der Waals surface area contributed by atoms with Crippen LogP contribution in [-0.2, 0) is 43.3 Å². The van der Waals surface area contributed by atoms with Crippen molar-refractivity contribution in [3.05, 3.63) is 113 Å². The van der Waals surface area contributed by atoms with E-state index in [1.54, 1.807) is 0 Å². The number of hydrogen-bond donors (Lipinski definition) is 0. The van der Waals surface area contributed by atoms with Gasteiger partial charge in [-0.3, -0.25) is 9.97 Å². The standard InChI is InChI=1S/3C11H19N2.2C9H13N.Er/c3*1-10(2,3)8-7-9(13-12-8)11(4,5)6;2*1-9(2,3)8-4-6-10-7-5-8;/h3*7H,1-6H3;2*4-7H,1-3H3;/q3*-1;;;+3. The minimum Gasteiger partial charge on any atom is -0.578 e. The first-order valence-electron chi connectivity index (χ1n) is 21.2. The van der Waals surface area contributed by atoms with E-state index in [0.717, 1.165) is 34.2 Å². The summed E-state index contributed by atoms with van der Waals surface area (Å²) in [5, 5.41) is 25.2. The molecular weight excluding hydrogens is 892 g/mol. The third-order valence-electron chi connectivity index (χ3n) is 9.32. The summed E-state index contributed by atoms with van der Waals surface area (Å²) in [4.78, 5) is 7.92. The Morgan fingerprint density at radius 2 is 0.500 bits per heavy atom. The van der Waals surface area contributed by atoms with Crippen LogP contribution in [-0.4, -0.2) is 25.3 Å². The van der Waals surface area contributed by atoms with Crippen molar-refractivity contribution in [3.8, 4) is 0 Å². The molecule has 5 rings (SSSR count). The summed E-state index contributed by atoms with van der Waals surface area (Å²) in [6.07, 6.45) is 7.34. The molecule has 0 saturated carbocycles. The van der Waals surface area contributed by atoms with Crippen LogP contribution in [0.25, 0.3) is 0 Å². The molecule has 0 atom stereocenters. The molecule has 60 heavy (non-hydrogen) atoms. The van der Waals surface area contributed by atoms with Gasteiger partial charge < -0.3 is 30.6 Å². The zero-order valence-corrected chi connectivity index (χ0v) is 44.1. The minimum absolute atomic E-state index is 0. The van der Waals surface area contributed by atoms with Gasteiger partial charge >= 0.3 is 37.3 Å². The van der Waals surface area contributed by atoms with Crippen LogP contribution < -0.4 is 15.3 Å². The van der Waals surface area contributed by atoms with E-state index in [4.69, 9.17) is 0 Å². The van der Waals surface area contributed by atoms with Crippen LogP contribution in [0.5, 0.6) is 0 Å². The molecule has 0 aliphatic carbocycles. The molecular formula is C51H83ErN8. The number of rotatable bonds is 0. The quantitative estimate of drug-likeness (QED) is 0.151. The third-order valence-corrected chi connectivity index (χ3v) is 9.32. The fourth-order valence-electron chi connectivity index (χ4n) is 4.79. The molecule has 0 aliphatic heterocycles. The number of hydrogen-bond acceptors (Lipinski definition) is 5. The van der Waals surface area contributed by atoms with E-state index >= 15 is 0 Å². The van der Waals surface area contributed by atoms with Gasteiger partial charge in [0.15, 0.2) is 0 Å². The van der Waals surface area contributed by atoms with Gasteiger partial charge in [-0.2, -0.15) is 0 Å². The molecule has 0 bridgehead atoms. The first-order valence-corrected chi connectivity index (χ1v) is 21.2. The molecule has 0 aromatic carbocycles. The maximum absolute atomic E-state index is 4.20. The van der Waals surface area contributed by atoms with E-state index in [-0.39, 0.29) is 80.6 Å².